The van der Waals surface area contributed by atoms with E-state index in [1.54, 1.807) is 17.3 Å². The van der Waals surface area contributed by atoms with Gasteiger partial charge in [0, 0.05) is 31.9 Å². The van der Waals surface area contributed by atoms with Gasteiger partial charge in [0.15, 0.2) is 0 Å². The molecular formula is C14H20Cl2N2O3. The summed E-state index contributed by atoms with van der Waals surface area (Å²) in [5, 5.41) is 8.93. The molecule has 5 nitrogen and oxygen atoms in total. The van der Waals surface area contributed by atoms with Gasteiger partial charge in [-0.15, -0.1) is 24.8 Å². The van der Waals surface area contributed by atoms with Gasteiger partial charge in [0.2, 0.25) is 5.91 Å². The van der Waals surface area contributed by atoms with Gasteiger partial charge in [-0.3, -0.25) is 14.6 Å². The number of carbonyl (C=O) groups is 2. The van der Waals surface area contributed by atoms with Gasteiger partial charge < -0.3 is 10.0 Å². The normalized spacial score (nSPS) is 18.3. The molecular weight excluding hydrogens is 315 g/mol. The summed E-state index contributed by atoms with van der Waals surface area (Å²) >= 11 is 0. The fourth-order valence-corrected chi connectivity index (χ4v) is 2.39. The predicted octanol–water partition coefficient (Wildman–Crippen LogP) is 2.35. The number of carboxylic acids is 1. The van der Waals surface area contributed by atoms with Crippen LogP contribution in [0, 0.1) is 5.92 Å². The number of hydrogen-bond acceptors (Lipinski definition) is 3. The molecule has 1 aliphatic rings. The average Bonchev–Trinajstić information content (AvgIpc) is 2.89. The van der Waals surface area contributed by atoms with Crippen molar-refractivity contribution in [2.45, 2.75) is 25.7 Å². The maximum Gasteiger partial charge on any atom is 0.308 e. The van der Waals surface area contributed by atoms with Crippen molar-refractivity contribution in [3.05, 3.63) is 30.1 Å². The van der Waals surface area contributed by atoms with E-state index in [4.69, 9.17) is 5.11 Å². The highest BCUT2D eigenvalue weighted by Crippen LogP contribution is 2.22. The third-order valence-corrected chi connectivity index (χ3v) is 3.65. The van der Waals surface area contributed by atoms with E-state index in [1.807, 2.05) is 19.1 Å². The van der Waals surface area contributed by atoms with Crippen LogP contribution < -0.4 is 0 Å². The van der Waals surface area contributed by atoms with Crippen molar-refractivity contribution in [2.75, 3.05) is 13.1 Å². The maximum absolute atomic E-state index is 12.1. The molecule has 1 fully saturated rings. The van der Waals surface area contributed by atoms with Crippen LogP contribution in [0.3, 0.4) is 0 Å². The second kappa shape index (κ2) is 8.85. The molecule has 7 heteroatoms. The van der Waals surface area contributed by atoms with Crippen molar-refractivity contribution < 1.29 is 14.7 Å². The Bertz CT molecular complexity index is 471. The Morgan fingerprint density at radius 1 is 1.38 bits per heavy atom. The zero-order valence-corrected chi connectivity index (χ0v) is 13.4. The maximum atomic E-state index is 12.1. The van der Waals surface area contributed by atoms with Gasteiger partial charge >= 0.3 is 5.97 Å². The minimum absolute atomic E-state index is 0. The van der Waals surface area contributed by atoms with Crippen molar-refractivity contribution >= 4 is 36.7 Å². The lowest BCUT2D eigenvalue weighted by atomic mass is 9.98. The van der Waals surface area contributed by atoms with E-state index in [9.17, 15) is 9.59 Å². The Balaban J connectivity index is 0.00000200. The van der Waals surface area contributed by atoms with Crippen molar-refractivity contribution in [3.63, 3.8) is 0 Å². The van der Waals surface area contributed by atoms with Gasteiger partial charge in [-0.2, -0.15) is 0 Å². The molecule has 2 heterocycles. The highest BCUT2D eigenvalue weighted by Gasteiger charge is 2.31. The highest BCUT2D eigenvalue weighted by atomic mass is 35.5. The van der Waals surface area contributed by atoms with Gasteiger partial charge in [0.05, 0.1) is 5.92 Å². The molecule has 1 amide bonds. The molecule has 0 radical (unpaired) electrons. The van der Waals surface area contributed by atoms with E-state index in [-0.39, 0.29) is 36.6 Å². The first-order valence-corrected chi connectivity index (χ1v) is 6.48. The minimum atomic E-state index is -0.808. The number of rotatable bonds is 4. The summed E-state index contributed by atoms with van der Waals surface area (Å²) in [4.78, 5) is 28.6. The summed E-state index contributed by atoms with van der Waals surface area (Å²) in [6, 6.07) is 3.81. The first-order chi connectivity index (χ1) is 9.08. The van der Waals surface area contributed by atoms with E-state index < -0.39 is 11.9 Å². The summed E-state index contributed by atoms with van der Waals surface area (Å²) in [5.41, 5.74) is 1.08. The van der Waals surface area contributed by atoms with E-state index in [0.29, 0.717) is 25.9 Å². The lowest BCUT2D eigenvalue weighted by Crippen LogP contribution is -2.30. The monoisotopic (exact) mass is 334 g/mol. The van der Waals surface area contributed by atoms with Crippen molar-refractivity contribution in [2.24, 2.45) is 5.92 Å². The van der Waals surface area contributed by atoms with Gasteiger partial charge in [-0.05, 0) is 30.0 Å². The number of amides is 1. The van der Waals surface area contributed by atoms with E-state index in [0.717, 1.165) is 5.56 Å². The Morgan fingerprint density at radius 3 is 2.52 bits per heavy atom. The van der Waals surface area contributed by atoms with Crippen molar-refractivity contribution in [1.29, 1.82) is 0 Å². The third-order valence-electron chi connectivity index (χ3n) is 3.65. The molecule has 21 heavy (non-hydrogen) atoms. The molecule has 118 valence electrons. The Kier molecular flexibility index (Phi) is 8.29. The molecule has 1 saturated heterocycles. The largest absolute Gasteiger partial charge is 0.481 e. The smallest absolute Gasteiger partial charge is 0.308 e. The number of aromatic nitrogens is 1. The molecule has 1 N–H and O–H groups in total. The number of aliphatic carboxylic acids is 1. The van der Waals surface area contributed by atoms with E-state index in [1.165, 1.54) is 0 Å². The Labute approximate surface area is 136 Å². The summed E-state index contributed by atoms with van der Waals surface area (Å²) < 4.78 is 0. The zero-order chi connectivity index (χ0) is 13.8. The SMILES string of the molecule is CC(CC(=O)N1CCC(C(=O)O)C1)c1ccncc1.Cl.Cl. The number of hydrogen-bond donors (Lipinski definition) is 1. The number of nitrogens with zero attached hydrogens (tertiary/aromatic N) is 2. The van der Waals surface area contributed by atoms with Crippen molar-refractivity contribution in [3.8, 4) is 0 Å². The fourth-order valence-electron chi connectivity index (χ4n) is 2.39. The standard InChI is InChI=1S/C14H18N2O3.2ClH/c1-10(11-2-5-15-6-3-11)8-13(17)16-7-4-12(9-16)14(18)19;;/h2-3,5-6,10,12H,4,7-9H2,1H3,(H,18,19);2*1H. The fraction of sp³-hybridized carbons (Fsp3) is 0.500. The van der Waals surface area contributed by atoms with Crippen LogP contribution >= 0.6 is 24.8 Å². The van der Waals surface area contributed by atoms with Gasteiger partial charge in [-0.1, -0.05) is 6.92 Å². The summed E-state index contributed by atoms with van der Waals surface area (Å²) in [6.07, 6.45) is 4.40. The second-order valence-electron chi connectivity index (χ2n) is 5.05. The summed E-state index contributed by atoms with van der Waals surface area (Å²) in [7, 11) is 0. The van der Waals surface area contributed by atoms with E-state index >= 15 is 0 Å². The molecule has 0 aromatic carbocycles. The van der Waals surface area contributed by atoms with Crippen molar-refractivity contribution in [1.82, 2.24) is 9.88 Å². The highest BCUT2D eigenvalue weighted by molar-refractivity contribution is 5.85. The molecule has 2 atom stereocenters. The number of carboxylic acid groups (broad SMARTS) is 1. The summed E-state index contributed by atoms with van der Waals surface area (Å²) in [6.45, 7) is 2.90. The molecule has 0 saturated carbocycles. The molecule has 1 aromatic rings. The van der Waals surface area contributed by atoms with Crippen LogP contribution in [0.25, 0.3) is 0 Å². The molecule has 0 spiro atoms. The average molecular weight is 335 g/mol. The van der Waals surface area contributed by atoms with E-state index in [2.05, 4.69) is 4.98 Å². The first-order valence-electron chi connectivity index (χ1n) is 6.48. The number of carbonyl (C=O) groups excluding carboxylic acids is 1. The molecule has 2 unspecified atom stereocenters. The van der Waals surface area contributed by atoms with Crippen LogP contribution in [-0.4, -0.2) is 40.0 Å². The third kappa shape index (κ3) is 5.17. The number of likely N-dealkylation sites (tertiary alicyclic amines) is 1. The number of halogens is 2. The molecule has 0 aliphatic carbocycles. The lowest BCUT2D eigenvalue weighted by Gasteiger charge is -2.18. The van der Waals surface area contributed by atoms with Crippen LogP contribution in [0.2, 0.25) is 0 Å². The van der Waals surface area contributed by atoms with Crippen LogP contribution in [0.4, 0.5) is 0 Å². The van der Waals surface area contributed by atoms with Crippen LogP contribution in [0.15, 0.2) is 24.5 Å². The molecule has 1 aliphatic heterocycles. The van der Waals surface area contributed by atoms with Gasteiger partial charge in [0.25, 0.3) is 0 Å². The quantitative estimate of drug-likeness (QED) is 0.917. The number of pyridine rings is 1. The minimum Gasteiger partial charge on any atom is -0.481 e. The molecule has 0 bridgehead atoms. The Hall–Kier alpha value is -1.33. The Morgan fingerprint density at radius 2 is 2.00 bits per heavy atom. The second-order valence-corrected chi connectivity index (χ2v) is 5.05. The summed E-state index contributed by atoms with van der Waals surface area (Å²) in [5.74, 6) is -1.05. The van der Waals surface area contributed by atoms with Crippen LogP contribution in [0.5, 0.6) is 0 Å². The lowest BCUT2D eigenvalue weighted by molar-refractivity contribution is -0.141. The topological polar surface area (TPSA) is 70.5 Å². The van der Waals surface area contributed by atoms with Crippen LogP contribution in [-0.2, 0) is 9.59 Å². The van der Waals surface area contributed by atoms with Gasteiger partial charge in [-0.25, -0.2) is 0 Å². The molecule has 1 aromatic heterocycles. The predicted molar refractivity (Wildman–Crippen MR) is 84.1 cm³/mol. The zero-order valence-electron chi connectivity index (χ0n) is 11.8. The van der Waals surface area contributed by atoms with Crippen LogP contribution in [0.1, 0.15) is 31.2 Å². The van der Waals surface area contributed by atoms with Gasteiger partial charge in [0.1, 0.15) is 0 Å². The molecule has 2 rings (SSSR count). The first kappa shape index (κ1) is 19.7.